The Kier molecular flexibility index (Phi) is 3.07. The van der Waals surface area contributed by atoms with E-state index in [1.165, 1.54) is 0 Å². The molecule has 1 saturated heterocycles. The molecule has 0 radical (unpaired) electrons. The maximum Gasteiger partial charge on any atom is 0.285 e. The molecule has 0 aliphatic carbocycles. The van der Waals surface area contributed by atoms with Gasteiger partial charge in [0.1, 0.15) is 4.90 Å². The molecule has 2 heterocycles. The smallest absolute Gasteiger partial charge is 0.285 e. The minimum atomic E-state index is -3.48. The molecule has 0 amide bonds. The SMILES string of the molecule is O=S1(=O)N=C(N2CCCSCC2)c2ccccc21. The number of sulfonamides is 1. The van der Waals surface area contributed by atoms with Gasteiger partial charge in [0.2, 0.25) is 0 Å². The van der Waals surface area contributed by atoms with Crippen LogP contribution in [0.15, 0.2) is 33.6 Å². The first-order valence-corrected chi connectivity index (χ1v) is 8.55. The van der Waals surface area contributed by atoms with Crippen LogP contribution in [0.5, 0.6) is 0 Å². The molecular weight excluding hydrogens is 268 g/mol. The molecule has 96 valence electrons. The Hall–Kier alpha value is -1.01. The highest BCUT2D eigenvalue weighted by Crippen LogP contribution is 2.28. The van der Waals surface area contributed by atoms with E-state index >= 15 is 0 Å². The van der Waals surface area contributed by atoms with Crippen LogP contribution in [-0.4, -0.2) is 43.7 Å². The van der Waals surface area contributed by atoms with Crippen molar-refractivity contribution in [2.75, 3.05) is 24.6 Å². The number of nitrogens with zero attached hydrogens (tertiary/aromatic N) is 2. The zero-order valence-corrected chi connectivity index (χ0v) is 11.5. The Labute approximate surface area is 111 Å². The van der Waals surface area contributed by atoms with E-state index in [1.807, 2.05) is 23.9 Å². The average molecular weight is 282 g/mol. The quantitative estimate of drug-likeness (QED) is 0.725. The van der Waals surface area contributed by atoms with Gasteiger partial charge in [-0.3, -0.25) is 0 Å². The minimum absolute atomic E-state index is 0.344. The molecule has 0 saturated carbocycles. The van der Waals surface area contributed by atoms with Crippen LogP contribution in [0.2, 0.25) is 0 Å². The summed E-state index contributed by atoms with van der Waals surface area (Å²) in [7, 11) is -3.48. The van der Waals surface area contributed by atoms with Crippen molar-refractivity contribution in [3.8, 4) is 0 Å². The van der Waals surface area contributed by atoms with Crippen LogP contribution in [0.4, 0.5) is 0 Å². The Balaban J connectivity index is 2.03. The zero-order valence-electron chi connectivity index (χ0n) is 9.87. The largest absolute Gasteiger partial charge is 0.355 e. The van der Waals surface area contributed by atoms with Crippen LogP contribution in [0, 0.1) is 0 Å². The van der Waals surface area contributed by atoms with Gasteiger partial charge >= 0.3 is 0 Å². The summed E-state index contributed by atoms with van der Waals surface area (Å²) in [4.78, 5) is 2.44. The first-order valence-electron chi connectivity index (χ1n) is 5.95. The van der Waals surface area contributed by atoms with Crippen molar-refractivity contribution in [1.29, 1.82) is 0 Å². The molecule has 0 bridgehead atoms. The lowest BCUT2D eigenvalue weighted by Crippen LogP contribution is -2.32. The molecule has 3 rings (SSSR count). The van der Waals surface area contributed by atoms with Gasteiger partial charge in [0.15, 0.2) is 5.84 Å². The lowest BCUT2D eigenvalue weighted by atomic mass is 10.2. The van der Waals surface area contributed by atoms with Gasteiger partial charge in [0, 0.05) is 24.4 Å². The van der Waals surface area contributed by atoms with Crippen molar-refractivity contribution in [2.24, 2.45) is 4.40 Å². The van der Waals surface area contributed by atoms with Gasteiger partial charge < -0.3 is 4.90 Å². The number of hydrogen-bond donors (Lipinski definition) is 0. The fourth-order valence-corrected chi connectivity index (χ4v) is 4.39. The van der Waals surface area contributed by atoms with Crippen molar-refractivity contribution in [2.45, 2.75) is 11.3 Å². The molecule has 0 N–H and O–H groups in total. The third-order valence-corrected chi connectivity index (χ3v) is 5.51. The molecule has 0 spiro atoms. The van der Waals surface area contributed by atoms with E-state index in [-0.39, 0.29) is 0 Å². The van der Waals surface area contributed by atoms with E-state index in [2.05, 4.69) is 9.30 Å². The van der Waals surface area contributed by atoms with E-state index in [0.29, 0.717) is 10.7 Å². The molecule has 6 heteroatoms. The number of amidine groups is 1. The Morgan fingerprint density at radius 3 is 2.89 bits per heavy atom. The predicted molar refractivity (Wildman–Crippen MR) is 73.7 cm³/mol. The van der Waals surface area contributed by atoms with E-state index in [9.17, 15) is 8.42 Å². The molecular formula is C12H14N2O2S2. The highest BCUT2D eigenvalue weighted by molar-refractivity contribution is 7.99. The standard InChI is InChI=1S/C12H14N2O2S2/c15-18(16)11-5-2-1-4-10(11)12(13-18)14-6-3-8-17-9-7-14/h1-2,4-5H,3,6-9H2. The van der Waals surface area contributed by atoms with Crippen molar-refractivity contribution < 1.29 is 8.42 Å². The fraction of sp³-hybridized carbons (Fsp3) is 0.417. The summed E-state index contributed by atoms with van der Waals surface area (Å²) < 4.78 is 27.9. The first kappa shape index (κ1) is 12.0. The average Bonchev–Trinajstić information content (AvgIpc) is 2.58. The van der Waals surface area contributed by atoms with Gasteiger partial charge in [-0.15, -0.1) is 4.40 Å². The summed E-state index contributed by atoms with van der Waals surface area (Å²) >= 11 is 1.91. The lowest BCUT2D eigenvalue weighted by molar-refractivity contribution is 0.452. The molecule has 4 nitrogen and oxygen atoms in total. The Bertz CT molecular complexity index is 588. The van der Waals surface area contributed by atoms with Gasteiger partial charge in [-0.2, -0.15) is 20.2 Å². The van der Waals surface area contributed by atoms with E-state index in [0.717, 1.165) is 36.6 Å². The molecule has 2 aliphatic heterocycles. The third-order valence-electron chi connectivity index (χ3n) is 3.13. The normalized spacial score (nSPS) is 22.2. The number of benzene rings is 1. The van der Waals surface area contributed by atoms with Crippen LogP contribution in [0.3, 0.4) is 0 Å². The van der Waals surface area contributed by atoms with Gasteiger partial charge in [0.05, 0.1) is 0 Å². The van der Waals surface area contributed by atoms with Crippen molar-refractivity contribution in [3.05, 3.63) is 29.8 Å². The monoisotopic (exact) mass is 282 g/mol. The van der Waals surface area contributed by atoms with Gasteiger partial charge in [-0.1, -0.05) is 12.1 Å². The summed E-state index contributed by atoms with van der Waals surface area (Å²) in [5.74, 6) is 2.80. The Morgan fingerprint density at radius 1 is 1.17 bits per heavy atom. The molecule has 1 aromatic carbocycles. The lowest BCUT2D eigenvalue weighted by Gasteiger charge is -2.21. The molecule has 0 atom stereocenters. The second-order valence-electron chi connectivity index (χ2n) is 4.34. The van der Waals surface area contributed by atoms with Crippen LogP contribution >= 0.6 is 11.8 Å². The summed E-state index contributed by atoms with van der Waals surface area (Å²) in [6, 6.07) is 7.08. The van der Waals surface area contributed by atoms with Crippen LogP contribution in [-0.2, 0) is 10.0 Å². The second-order valence-corrected chi connectivity index (χ2v) is 7.14. The summed E-state index contributed by atoms with van der Waals surface area (Å²) in [5, 5.41) is 0. The molecule has 1 fully saturated rings. The highest BCUT2D eigenvalue weighted by Gasteiger charge is 2.31. The van der Waals surface area contributed by atoms with Gasteiger partial charge in [0.25, 0.3) is 10.0 Å². The second kappa shape index (κ2) is 4.59. The molecule has 1 aromatic rings. The van der Waals surface area contributed by atoms with Crippen LogP contribution < -0.4 is 0 Å². The minimum Gasteiger partial charge on any atom is -0.355 e. The predicted octanol–water partition coefficient (Wildman–Crippen LogP) is 1.57. The van der Waals surface area contributed by atoms with Crippen molar-refractivity contribution >= 4 is 27.6 Å². The highest BCUT2D eigenvalue weighted by atomic mass is 32.2. The van der Waals surface area contributed by atoms with E-state index in [4.69, 9.17) is 0 Å². The fourth-order valence-electron chi connectivity index (χ4n) is 2.27. The summed E-state index contributed by atoms with van der Waals surface area (Å²) in [6.07, 6.45) is 1.08. The number of fused-ring (bicyclic) bond motifs is 1. The van der Waals surface area contributed by atoms with E-state index < -0.39 is 10.0 Å². The maximum atomic E-state index is 12.0. The van der Waals surface area contributed by atoms with Crippen LogP contribution in [0.1, 0.15) is 12.0 Å². The Morgan fingerprint density at radius 2 is 2.00 bits per heavy atom. The molecule has 0 aromatic heterocycles. The van der Waals surface area contributed by atoms with Crippen molar-refractivity contribution in [3.63, 3.8) is 0 Å². The topological polar surface area (TPSA) is 49.7 Å². The number of rotatable bonds is 0. The first-order chi connectivity index (χ1) is 8.68. The van der Waals surface area contributed by atoms with Crippen molar-refractivity contribution in [1.82, 2.24) is 4.90 Å². The van der Waals surface area contributed by atoms with Gasteiger partial charge in [-0.25, -0.2) is 0 Å². The summed E-state index contributed by atoms with van der Waals surface area (Å²) in [5.41, 5.74) is 0.754. The van der Waals surface area contributed by atoms with Crippen LogP contribution in [0.25, 0.3) is 0 Å². The maximum absolute atomic E-state index is 12.0. The zero-order chi connectivity index (χ0) is 12.6. The number of thioether (sulfide) groups is 1. The molecule has 2 aliphatic rings. The van der Waals surface area contributed by atoms with Gasteiger partial charge in [-0.05, 0) is 24.3 Å². The van der Waals surface area contributed by atoms with E-state index in [1.54, 1.807) is 12.1 Å². The summed E-state index contributed by atoms with van der Waals surface area (Å²) in [6.45, 7) is 1.75. The molecule has 0 unspecified atom stereocenters. The third kappa shape index (κ3) is 2.03. The number of hydrogen-bond acceptors (Lipinski definition) is 4. The molecule has 18 heavy (non-hydrogen) atoms.